The number of carbonyl (C=O) groups excluding carboxylic acids is 2. The predicted octanol–water partition coefficient (Wildman–Crippen LogP) is 2.62. The van der Waals surface area contributed by atoms with Crippen LogP contribution < -0.4 is 10.2 Å². The molecule has 170 valence electrons. The molecule has 32 heavy (non-hydrogen) atoms. The van der Waals surface area contributed by atoms with Crippen LogP contribution in [-0.4, -0.2) is 69.6 Å². The number of urea groups is 1. The minimum Gasteiger partial charge on any atom is -0.297 e. The number of nitrogens with one attached hydrogen (secondary N) is 1. The fourth-order valence-electron chi connectivity index (χ4n) is 6.30. The monoisotopic (exact) mass is 436 g/mol. The fraction of sp³-hybridized carbons (Fsp3) is 0.625. The molecule has 6 rings (SSSR count). The number of fused-ring (bicyclic) bond motifs is 3. The molecule has 1 saturated carbocycles. The highest BCUT2D eigenvalue weighted by atomic mass is 16.2. The molecule has 2 aromatic heterocycles. The Bertz CT molecular complexity index is 1030. The molecule has 3 amide bonds. The van der Waals surface area contributed by atoms with Crippen LogP contribution in [-0.2, 0) is 11.3 Å². The number of imide groups is 1. The Morgan fingerprint density at radius 1 is 1.06 bits per heavy atom. The molecule has 4 aliphatic rings. The molecule has 2 atom stereocenters. The van der Waals surface area contributed by atoms with Crippen molar-refractivity contribution in [2.75, 3.05) is 31.1 Å². The van der Waals surface area contributed by atoms with Gasteiger partial charge in [0.05, 0.1) is 17.4 Å². The number of pyridine rings is 1. The zero-order chi connectivity index (χ0) is 21.7. The van der Waals surface area contributed by atoms with Crippen LogP contribution in [0.3, 0.4) is 0 Å². The second kappa shape index (κ2) is 8.15. The van der Waals surface area contributed by atoms with Crippen LogP contribution in [0.1, 0.15) is 50.5 Å². The third kappa shape index (κ3) is 3.69. The number of piperazine rings is 1. The maximum Gasteiger partial charge on any atom is 0.328 e. The molecule has 0 spiro atoms. The van der Waals surface area contributed by atoms with Crippen LogP contribution in [0.5, 0.6) is 0 Å². The van der Waals surface area contributed by atoms with Gasteiger partial charge in [-0.2, -0.15) is 5.10 Å². The van der Waals surface area contributed by atoms with Gasteiger partial charge in [0.25, 0.3) is 0 Å². The highest BCUT2D eigenvalue weighted by molar-refractivity contribution is 6.07. The summed E-state index contributed by atoms with van der Waals surface area (Å²) in [6.07, 6.45) is 12.4. The van der Waals surface area contributed by atoms with Crippen molar-refractivity contribution in [1.29, 1.82) is 0 Å². The Morgan fingerprint density at radius 2 is 1.88 bits per heavy atom. The number of carbonyl (C=O) groups is 2. The van der Waals surface area contributed by atoms with E-state index in [1.54, 1.807) is 11.1 Å². The van der Waals surface area contributed by atoms with E-state index in [2.05, 4.69) is 32.3 Å². The number of hydrogen-bond acceptors (Lipinski definition) is 5. The molecular weight excluding hydrogens is 404 g/mol. The molecule has 5 heterocycles. The van der Waals surface area contributed by atoms with Gasteiger partial charge in [0.1, 0.15) is 0 Å². The maximum absolute atomic E-state index is 12.3. The first-order chi connectivity index (χ1) is 15.6. The summed E-state index contributed by atoms with van der Waals surface area (Å²) in [5.41, 5.74) is 2.92. The van der Waals surface area contributed by atoms with Crippen molar-refractivity contribution in [2.24, 2.45) is 5.92 Å². The fourth-order valence-corrected chi connectivity index (χ4v) is 6.30. The molecule has 8 nitrogen and oxygen atoms in total. The summed E-state index contributed by atoms with van der Waals surface area (Å²) in [5.74, 6) is 0.701. The molecule has 8 heteroatoms. The lowest BCUT2D eigenvalue weighted by atomic mass is 9.89. The van der Waals surface area contributed by atoms with Crippen LogP contribution in [0.4, 0.5) is 10.5 Å². The van der Waals surface area contributed by atoms with Crippen LogP contribution in [0.15, 0.2) is 24.5 Å². The van der Waals surface area contributed by atoms with Crippen LogP contribution >= 0.6 is 0 Å². The summed E-state index contributed by atoms with van der Waals surface area (Å²) in [6.45, 7) is 5.00. The summed E-state index contributed by atoms with van der Waals surface area (Å²) < 4.78 is 1.81. The first-order valence-electron chi connectivity index (χ1n) is 12.2. The zero-order valence-electron chi connectivity index (χ0n) is 18.6. The molecule has 2 bridgehead atoms. The summed E-state index contributed by atoms with van der Waals surface area (Å²) in [7, 11) is 0. The van der Waals surface area contributed by atoms with Gasteiger partial charge >= 0.3 is 6.03 Å². The molecule has 0 aromatic carbocycles. The largest absolute Gasteiger partial charge is 0.328 e. The van der Waals surface area contributed by atoms with E-state index < -0.39 is 0 Å². The van der Waals surface area contributed by atoms with Gasteiger partial charge in [-0.3, -0.25) is 24.8 Å². The van der Waals surface area contributed by atoms with Crippen molar-refractivity contribution < 1.29 is 9.59 Å². The molecule has 0 unspecified atom stereocenters. The number of likely N-dealkylation sites (tertiary alicyclic amines) is 2. The van der Waals surface area contributed by atoms with Gasteiger partial charge in [-0.15, -0.1) is 0 Å². The van der Waals surface area contributed by atoms with Gasteiger partial charge in [-0.25, -0.2) is 9.31 Å². The van der Waals surface area contributed by atoms with E-state index in [-0.39, 0.29) is 11.9 Å². The van der Waals surface area contributed by atoms with Crippen molar-refractivity contribution >= 4 is 23.1 Å². The maximum atomic E-state index is 12.3. The molecule has 4 fully saturated rings. The van der Waals surface area contributed by atoms with Gasteiger partial charge in [0, 0.05) is 57.4 Å². The lowest BCUT2D eigenvalue weighted by Gasteiger charge is -2.37. The van der Waals surface area contributed by atoms with E-state index in [4.69, 9.17) is 0 Å². The van der Waals surface area contributed by atoms with Crippen molar-refractivity contribution in [3.63, 3.8) is 0 Å². The highest BCUT2D eigenvalue weighted by Gasteiger charge is 2.43. The molecule has 0 radical (unpaired) electrons. The Morgan fingerprint density at radius 3 is 2.66 bits per heavy atom. The molecule has 3 saturated heterocycles. The molecule has 1 aliphatic carbocycles. The third-order valence-corrected chi connectivity index (χ3v) is 7.98. The standard InChI is InChI=1S/C24H32N6O2/c31-23-7-8-29(24(32)26-23)22-12-25-30-9-6-18(10-21(22)30)14-28-16-19-11-20(28)15-27(19)13-17-4-2-1-3-5-17/h6,9-10,12,17,19-20H,1-5,7-8,11,13-16H2,(H,26,31,32)/t19-,20-/m0/s1. The number of hydrogen-bond donors (Lipinski definition) is 1. The average molecular weight is 437 g/mol. The van der Waals surface area contributed by atoms with Gasteiger partial charge in [-0.05, 0) is 42.9 Å². The van der Waals surface area contributed by atoms with Gasteiger partial charge in [-0.1, -0.05) is 19.3 Å². The minimum absolute atomic E-state index is 0.218. The lowest BCUT2D eigenvalue weighted by Crippen LogP contribution is -2.49. The van der Waals surface area contributed by atoms with Crippen LogP contribution in [0, 0.1) is 5.92 Å². The molecule has 1 N–H and O–H groups in total. The topological polar surface area (TPSA) is 73.2 Å². The Hall–Kier alpha value is -2.45. The zero-order valence-corrected chi connectivity index (χ0v) is 18.6. The summed E-state index contributed by atoms with van der Waals surface area (Å²) in [4.78, 5) is 30.8. The van der Waals surface area contributed by atoms with E-state index in [0.717, 1.165) is 30.2 Å². The van der Waals surface area contributed by atoms with Crippen LogP contribution in [0.25, 0.3) is 5.52 Å². The summed E-state index contributed by atoms with van der Waals surface area (Å²) >= 11 is 0. The Labute approximate surface area is 188 Å². The van der Waals surface area contributed by atoms with Crippen molar-refractivity contribution in [3.05, 3.63) is 30.1 Å². The van der Waals surface area contributed by atoms with Crippen molar-refractivity contribution in [2.45, 2.75) is 63.6 Å². The summed E-state index contributed by atoms with van der Waals surface area (Å²) in [6, 6.07) is 5.29. The quantitative estimate of drug-likeness (QED) is 0.780. The second-order valence-corrected chi connectivity index (χ2v) is 10.1. The molecule has 2 aromatic rings. The molecule has 3 aliphatic heterocycles. The second-order valence-electron chi connectivity index (χ2n) is 10.1. The van der Waals surface area contributed by atoms with Gasteiger partial charge in [0.15, 0.2) is 0 Å². The average Bonchev–Trinajstić information content (AvgIpc) is 3.49. The first-order valence-corrected chi connectivity index (χ1v) is 12.2. The molecular formula is C24H32N6O2. The Balaban J connectivity index is 1.13. The first kappa shape index (κ1) is 20.2. The summed E-state index contributed by atoms with van der Waals surface area (Å²) in [5, 5.41) is 6.82. The minimum atomic E-state index is -0.364. The van der Waals surface area contributed by atoms with E-state index >= 15 is 0 Å². The SMILES string of the molecule is O=C1CCN(c2cnn3ccc(CN4C[C@@H]5C[C@H]4CN5CC4CCCCC4)cc23)C(=O)N1. The van der Waals surface area contributed by atoms with E-state index in [1.807, 2.05) is 10.7 Å². The van der Waals surface area contributed by atoms with Crippen molar-refractivity contribution in [3.8, 4) is 0 Å². The highest BCUT2D eigenvalue weighted by Crippen LogP contribution is 2.35. The normalized spacial score (nSPS) is 27.6. The predicted molar refractivity (Wildman–Crippen MR) is 121 cm³/mol. The number of anilines is 1. The number of rotatable bonds is 5. The van der Waals surface area contributed by atoms with E-state index in [9.17, 15) is 9.59 Å². The smallest absolute Gasteiger partial charge is 0.297 e. The lowest BCUT2D eigenvalue weighted by molar-refractivity contribution is -0.120. The van der Waals surface area contributed by atoms with Gasteiger partial charge < -0.3 is 0 Å². The third-order valence-electron chi connectivity index (χ3n) is 7.98. The van der Waals surface area contributed by atoms with Crippen molar-refractivity contribution in [1.82, 2.24) is 24.7 Å². The Kier molecular flexibility index (Phi) is 5.14. The van der Waals surface area contributed by atoms with Crippen LogP contribution in [0.2, 0.25) is 0 Å². The number of nitrogens with zero attached hydrogens (tertiary/aromatic N) is 5. The number of amides is 3. The number of aromatic nitrogens is 2. The van der Waals surface area contributed by atoms with E-state index in [0.29, 0.717) is 25.0 Å². The van der Waals surface area contributed by atoms with Gasteiger partial charge in [0.2, 0.25) is 5.91 Å². The van der Waals surface area contributed by atoms with E-state index in [1.165, 1.54) is 57.2 Å².